The van der Waals surface area contributed by atoms with Crippen LogP contribution in [0.3, 0.4) is 0 Å². The third-order valence-electron chi connectivity index (χ3n) is 6.25. The molecule has 0 saturated carbocycles. The number of aliphatic hydroxyl groups excluding tert-OH is 1. The third kappa shape index (κ3) is 4.63. The van der Waals surface area contributed by atoms with Crippen molar-refractivity contribution in [2.45, 2.75) is 44.9 Å². The van der Waals surface area contributed by atoms with Crippen molar-refractivity contribution in [3.63, 3.8) is 0 Å². The van der Waals surface area contributed by atoms with E-state index in [1.54, 1.807) is 0 Å². The summed E-state index contributed by atoms with van der Waals surface area (Å²) in [6, 6.07) is 6.20. The van der Waals surface area contributed by atoms with Gasteiger partial charge >= 0.3 is 0 Å². The number of rotatable bonds is 8. The Morgan fingerprint density at radius 2 is 2.17 bits per heavy atom. The van der Waals surface area contributed by atoms with Gasteiger partial charge in [-0.05, 0) is 50.0 Å². The summed E-state index contributed by atoms with van der Waals surface area (Å²) in [5.41, 5.74) is 2.18. The number of hydrogen-bond acceptors (Lipinski definition) is 6. The van der Waals surface area contributed by atoms with Gasteiger partial charge in [-0.15, -0.1) is 0 Å². The maximum absolute atomic E-state index is 9.79. The van der Waals surface area contributed by atoms with E-state index < -0.39 is 0 Å². The number of likely N-dealkylation sites (tertiary alicyclic amines) is 1. The maximum atomic E-state index is 9.79. The Morgan fingerprint density at radius 1 is 1.40 bits per heavy atom. The molecule has 7 nitrogen and oxygen atoms in total. The van der Waals surface area contributed by atoms with Crippen LogP contribution >= 0.6 is 0 Å². The van der Waals surface area contributed by atoms with Crippen molar-refractivity contribution in [3.8, 4) is 11.5 Å². The molecule has 2 bridgehead atoms. The Morgan fingerprint density at radius 3 is 2.83 bits per heavy atom. The second kappa shape index (κ2) is 9.81. The van der Waals surface area contributed by atoms with Crippen LogP contribution < -0.4 is 9.47 Å². The summed E-state index contributed by atoms with van der Waals surface area (Å²) in [5.74, 6) is 2.33. The number of hydrogen-bond donors (Lipinski definition) is 2. The van der Waals surface area contributed by atoms with Crippen LogP contribution in [0.2, 0.25) is 0 Å². The fourth-order valence-corrected chi connectivity index (χ4v) is 5.15. The van der Waals surface area contributed by atoms with Gasteiger partial charge in [-0.1, -0.05) is 12.6 Å². The number of fused-ring (bicyclic) bond motifs is 1. The monoisotopic (exact) mass is 419 g/mol. The highest BCUT2D eigenvalue weighted by molar-refractivity contribution is 5.43. The lowest BCUT2D eigenvalue weighted by atomic mass is 9.74. The zero-order valence-electron chi connectivity index (χ0n) is 17.9. The Balaban J connectivity index is 0.000000806. The molecule has 3 aliphatic heterocycles. The van der Waals surface area contributed by atoms with E-state index in [1.807, 2.05) is 19.9 Å². The van der Waals surface area contributed by atoms with Crippen molar-refractivity contribution >= 4 is 6.47 Å². The highest BCUT2D eigenvalue weighted by Crippen LogP contribution is 2.54. The highest BCUT2D eigenvalue weighted by atomic mass is 16.5. The van der Waals surface area contributed by atoms with Crippen LogP contribution in [0.15, 0.2) is 30.4 Å². The molecular formula is C23H33NO6. The quantitative estimate of drug-likeness (QED) is 0.495. The minimum atomic E-state index is -0.250. The number of benzene rings is 1. The molecular weight excluding hydrogens is 386 g/mol. The molecule has 30 heavy (non-hydrogen) atoms. The minimum absolute atomic E-state index is 0.0225. The van der Waals surface area contributed by atoms with Gasteiger partial charge in [-0.25, -0.2) is 0 Å². The summed E-state index contributed by atoms with van der Waals surface area (Å²) in [5, 5.41) is 16.7. The molecule has 166 valence electrons. The Labute approximate surface area is 178 Å². The van der Waals surface area contributed by atoms with Crippen LogP contribution in [0, 0.1) is 11.8 Å². The van der Waals surface area contributed by atoms with Crippen LogP contribution in [-0.4, -0.2) is 66.2 Å². The molecule has 3 saturated heterocycles. The van der Waals surface area contributed by atoms with E-state index in [4.69, 9.17) is 24.1 Å². The van der Waals surface area contributed by atoms with Gasteiger partial charge in [0.05, 0.1) is 18.3 Å². The van der Waals surface area contributed by atoms with Crippen molar-refractivity contribution < 1.29 is 29.2 Å². The second-order valence-corrected chi connectivity index (χ2v) is 8.45. The van der Waals surface area contributed by atoms with Gasteiger partial charge in [0.1, 0.15) is 6.61 Å². The van der Waals surface area contributed by atoms with Gasteiger partial charge in [0.15, 0.2) is 11.5 Å². The first kappa shape index (κ1) is 22.6. The van der Waals surface area contributed by atoms with E-state index in [9.17, 15) is 5.11 Å². The number of aliphatic hydroxyl groups is 1. The zero-order chi connectivity index (χ0) is 21.7. The lowest BCUT2D eigenvalue weighted by molar-refractivity contribution is -0.122. The van der Waals surface area contributed by atoms with Gasteiger partial charge in [0, 0.05) is 38.1 Å². The van der Waals surface area contributed by atoms with Crippen molar-refractivity contribution in [1.29, 1.82) is 0 Å². The molecule has 3 fully saturated rings. The first-order valence-corrected chi connectivity index (χ1v) is 10.6. The van der Waals surface area contributed by atoms with Crippen molar-refractivity contribution in [3.05, 3.63) is 35.9 Å². The summed E-state index contributed by atoms with van der Waals surface area (Å²) in [6.45, 7) is 11.7. The van der Waals surface area contributed by atoms with Crippen LogP contribution in [0.5, 0.6) is 11.5 Å². The van der Waals surface area contributed by atoms with Gasteiger partial charge in [0.2, 0.25) is 0 Å². The molecule has 0 unspecified atom stereocenters. The molecule has 3 heterocycles. The second-order valence-electron chi connectivity index (χ2n) is 8.45. The fourth-order valence-electron chi connectivity index (χ4n) is 5.15. The average molecular weight is 420 g/mol. The molecule has 7 heteroatoms. The van der Waals surface area contributed by atoms with E-state index in [0.717, 1.165) is 49.5 Å². The predicted octanol–water partition coefficient (Wildman–Crippen LogP) is 2.71. The molecule has 4 atom stereocenters. The van der Waals surface area contributed by atoms with Gasteiger partial charge in [-0.3, -0.25) is 9.69 Å². The predicted molar refractivity (Wildman–Crippen MR) is 113 cm³/mol. The topological polar surface area (TPSA) is 88.5 Å². The summed E-state index contributed by atoms with van der Waals surface area (Å²) in [7, 11) is 0. The summed E-state index contributed by atoms with van der Waals surface area (Å²) < 4.78 is 18.0. The molecule has 0 aliphatic carbocycles. The van der Waals surface area contributed by atoms with E-state index in [0.29, 0.717) is 25.0 Å². The van der Waals surface area contributed by atoms with E-state index in [-0.39, 0.29) is 24.8 Å². The molecule has 2 N–H and O–H groups in total. The highest BCUT2D eigenvalue weighted by Gasteiger charge is 2.62. The van der Waals surface area contributed by atoms with Crippen molar-refractivity contribution in [2.75, 3.05) is 32.9 Å². The van der Waals surface area contributed by atoms with Gasteiger partial charge in [0.25, 0.3) is 6.47 Å². The molecule has 0 radical (unpaired) electrons. The first-order chi connectivity index (χ1) is 14.5. The summed E-state index contributed by atoms with van der Waals surface area (Å²) in [4.78, 5) is 10.8. The number of ether oxygens (including phenoxy) is 3. The molecule has 1 aromatic rings. The zero-order valence-corrected chi connectivity index (χ0v) is 17.9. The fraction of sp³-hybridized carbons (Fsp3) is 0.609. The van der Waals surface area contributed by atoms with E-state index in [2.05, 4.69) is 23.6 Å². The van der Waals surface area contributed by atoms with Crippen LogP contribution in [-0.2, 0) is 16.1 Å². The Hall–Kier alpha value is -2.09. The molecule has 1 aromatic carbocycles. The number of nitrogens with zero attached hydrogens (tertiary/aromatic N) is 1. The first-order valence-electron chi connectivity index (χ1n) is 10.6. The van der Waals surface area contributed by atoms with Crippen LogP contribution in [0.25, 0.3) is 0 Å². The SMILES string of the molecule is C=C(C)COc1ccc(CN2C[C@@H]3[C@H](CO)[C@H]4CC[C@]3(C2)O4)cc1OCC.O=CO. The molecule has 0 amide bonds. The molecule has 4 rings (SSSR count). The lowest BCUT2D eigenvalue weighted by Gasteiger charge is -2.28. The lowest BCUT2D eigenvalue weighted by Crippen LogP contribution is -2.37. The van der Waals surface area contributed by atoms with E-state index in [1.165, 1.54) is 5.56 Å². The smallest absolute Gasteiger partial charge is 0.290 e. The summed E-state index contributed by atoms with van der Waals surface area (Å²) in [6.07, 6.45) is 2.50. The maximum Gasteiger partial charge on any atom is 0.290 e. The molecule has 3 aliphatic rings. The number of carboxylic acid groups (broad SMARTS) is 1. The van der Waals surface area contributed by atoms with Crippen molar-refractivity contribution in [2.24, 2.45) is 11.8 Å². The normalized spacial score (nSPS) is 29.1. The number of carbonyl (C=O) groups is 1. The minimum Gasteiger partial charge on any atom is -0.490 e. The van der Waals surface area contributed by atoms with E-state index >= 15 is 0 Å². The van der Waals surface area contributed by atoms with Gasteiger partial charge in [-0.2, -0.15) is 0 Å². The van der Waals surface area contributed by atoms with Crippen molar-refractivity contribution in [1.82, 2.24) is 4.90 Å². The standard InChI is InChI=1S/C22H31NO4.CH2O2/c1-4-25-21-9-16(5-6-20(21)26-13-15(2)3)10-23-11-18-17(12-24)19-7-8-22(18,14-23)27-19;2-1-3/h5-6,9,17-19,24H,2,4,7-8,10-14H2,1,3H3;1H,(H,2,3)/t17-,18+,19+,22+;/m0./s1. The molecule has 1 spiro atoms. The van der Waals surface area contributed by atoms with Crippen LogP contribution in [0.1, 0.15) is 32.3 Å². The average Bonchev–Trinajstić information content (AvgIpc) is 3.35. The van der Waals surface area contributed by atoms with Gasteiger partial charge < -0.3 is 24.4 Å². The molecule has 0 aromatic heterocycles. The largest absolute Gasteiger partial charge is 0.490 e. The van der Waals surface area contributed by atoms with Crippen LogP contribution in [0.4, 0.5) is 0 Å². The Kier molecular flexibility index (Phi) is 7.39. The summed E-state index contributed by atoms with van der Waals surface area (Å²) >= 11 is 0. The Bertz CT molecular complexity index is 753. The third-order valence-corrected chi connectivity index (χ3v) is 6.25.